The van der Waals surface area contributed by atoms with Crippen LogP contribution in [0.3, 0.4) is 0 Å². The quantitative estimate of drug-likeness (QED) is 0.824. The third kappa shape index (κ3) is 5.69. The molecule has 1 N–H and O–H groups in total. The highest BCUT2D eigenvalue weighted by atomic mass is 32.2. The number of hydrogen-bond acceptors (Lipinski definition) is 5. The number of sulfonamides is 1. The lowest BCUT2D eigenvalue weighted by atomic mass is 9.97. The summed E-state index contributed by atoms with van der Waals surface area (Å²) in [5.41, 5.74) is -0.189. The third-order valence-corrected chi connectivity index (χ3v) is 4.02. The van der Waals surface area contributed by atoms with Gasteiger partial charge in [-0.05, 0) is 6.42 Å². The van der Waals surface area contributed by atoms with E-state index in [9.17, 15) is 8.42 Å². The lowest BCUT2D eigenvalue weighted by Crippen LogP contribution is -2.28. The maximum absolute atomic E-state index is 11.6. The zero-order valence-corrected chi connectivity index (χ0v) is 12.9. The average Bonchev–Trinajstić information content (AvgIpc) is 2.74. The van der Waals surface area contributed by atoms with Gasteiger partial charge in [-0.2, -0.15) is 4.98 Å². The van der Waals surface area contributed by atoms with Crippen LogP contribution in [-0.4, -0.2) is 30.9 Å². The highest BCUT2D eigenvalue weighted by Gasteiger charge is 2.21. The van der Waals surface area contributed by atoms with Gasteiger partial charge in [0.1, 0.15) is 0 Å². The topological polar surface area (TPSA) is 85.1 Å². The first kappa shape index (κ1) is 16.1. The van der Waals surface area contributed by atoms with Crippen LogP contribution in [0.15, 0.2) is 4.52 Å². The summed E-state index contributed by atoms with van der Waals surface area (Å²) in [7, 11) is -3.17. The SMILES string of the molecule is CCCCS(=O)(=O)NCCc1noc(C(C)(C)C)n1. The maximum Gasteiger partial charge on any atom is 0.232 e. The normalized spacial score (nSPS) is 12.8. The third-order valence-electron chi connectivity index (χ3n) is 2.55. The second-order valence-corrected chi connectivity index (χ2v) is 7.51. The molecule has 0 atom stereocenters. The van der Waals surface area contributed by atoms with Crippen LogP contribution >= 0.6 is 0 Å². The molecule has 1 heterocycles. The van der Waals surface area contributed by atoms with Gasteiger partial charge in [-0.25, -0.2) is 13.1 Å². The lowest BCUT2D eigenvalue weighted by molar-refractivity contribution is 0.318. The number of nitrogens with one attached hydrogen (secondary N) is 1. The van der Waals surface area contributed by atoms with Crippen molar-refractivity contribution in [3.8, 4) is 0 Å². The Hall–Kier alpha value is -0.950. The van der Waals surface area contributed by atoms with Crippen LogP contribution in [-0.2, 0) is 21.9 Å². The Bertz CT molecular complexity index is 489. The van der Waals surface area contributed by atoms with Gasteiger partial charge in [0.25, 0.3) is 0 Å². The smallest absolute Gasteiger partial charge is 0.232 e. The van der Waals surface area contributed by atoms with Crippen molar-refractivity contribution in [2.45, 2.75) is 52.4 Å². The average molecular weight is 289 g/mol. The standard InChI is InChI=1S/C12H23N3O3S/c1-5-6-9-19(16,17)13-8-7-10-14-11(18-15-10)12(2,3)4/h13H,5-9H2,1-4H3. The zero-order chi connectivity index (χ0) is 14.5. The Morgan fingerprint density at radius 2 is 2.00 bits per heavy atom. The van der Waals surface area contributed by atoms with E-state index in [1.165, 1.54) is 0 Å². The molecule has 0 amide bonds. The van der Waals surface area contributed by atoms with E-state index in [0.29, 0.717) is 31.1 Å². The number of rotatable bonds is 7. The fourth-order valence-electron chi connectivity index (χ4n) is 1.39. The highest BCUT2D eigenvalue weighted by Crippen LogP contribution is 2.19. The Balaban J connectivity index is 2.44. The van der Waals surface area contributed by atoms with Crippen LogP contribution in [0.2, 0.25) is 0 Å². The van der Waals surface area contributed by atoms with Gasteiger partial charge in [0.2, 0.25) is 15.9 Å². The molecule has 0 spiro atoms. The summed E-state index contributed by atoms with van der Waals surface area (Å²) in [6.45, 7) is 8.21. The van der Waals surface area contributed by atoms with E-state index in [-0.39, 0.29) is 11.2 Å². The fourth-order valence-corrected chi connectivity index (χ4v) is 2.61. The lowest BCUT2D eigenvalue weighted by Gasteiger charge is -2.10. The molecule has 0 radical (unpaired) electrons. The van der Waals surface area contributed by atoms with Gasteiger partial charge < -0.3 is 4.52 Å². The van der Waals surface area contributed by atoms with Crippen LogP contribution in [0.5, 0.6) is 0 Å². The van der Waals surface area contributed by atoms with Crippen molar-refractivity contribution in [3.05, 3.63) is 11.7 Å². The number of nitrogens with zero attached hydrogens (tertiary/aromatic N) is 2. The van der Waals surface area contributed by atoms with Crippen molar-refractivity contribution < 1.29 is 12.9 Å². The molecule has 19 heavy (non-hydrogen) atoms. The van der Waals surface area contributed by atoms with Crippen LogP contribution in [0.1, 0.15) is 52.3 Å². The van der Waals surface area contributed by atoms with Crippen molar-refractivity contribution in [1.82, 2.24) is 14.9 Å². The minimum absolute atomic E-state index is 0.170. The molecule has 0 aliphatic rings. The predicted octanol–water partition coefficient (Wildman–Crippen LogP) is 1.63. The minimum Gasteiger partial charge on any atom is -0.339 e. The summed E-state index contributed by atoms with van der Waals surface area (Å²) in [5, 5.41) is 3.84. The van der Waals surface area contributed by atoms with E-state index in [1.807, 2.05) is 27.7 Å². The zero-order valence-electron chi connectivity index (χ0n) is 12.1. The molecule has 0 aliphatic heterocycles. The van der Waals surface area contributed by atoms with Crippen molar-refractivity contribution in [2.24, 2.45) is 0 Å². The summed E-state index contributed by atoms with van der Waals surface area (Å²) in [5.74, 6) is 1.27. The second-order valence-electron chi connectivity index (χ2n) is 5.58. The Morgan fingerprint density at radius 1 is 1.32 bits per heavy atom. The van der Waals surface area contributed by atoms with Gasteiger partial charge in [0.05, 0.1) is 5.75 Å². The first-order chi connectivity index (χ1) is 8.74. The molecule has 0 aliphatic carbocycles. The van der Waals surface area contributed by atoms with Gasteiger partial charge in [-0.15, -0.1) is 0 Å². The largest absolute Gasteiger partial charge is 0.339 e. The molecule has 110 valence electrons. The van der Waals surface area contributed by atoms with E-state index in [4.69, 9.17) is 4.52 Å². The van der Waals surface area contributed by atoms with E-state index in [0.717, 1.165) is 6.42 Å². The predicted molar refractivity (Wildman–Crippen MR) is 73.4 cm³/mol. The van der Waals surface area contributed by atoms with E-state index >= 15 is 0 Å². The molecular formula is C12H23N3O3S. The van der Waals surface area contributed by atoms with Crippen LogP contribution < -0.4 is 4.72 Å². The highest BCUT2D eigenvalue weighted by molar-refractivity contribution is 7.89. The summed E-state index contributed by atoms with van der Waals surface area (Å²) in [6.07, 6.45) is 1.97. The first-order valence-electron chi connectivity index (χ1n) is 6.55. The Labute approximate surface area is 115 Å². The van der Waals surface area contributed by atoms with Gasteiger partial charge >= 0.3 is 0 Å². The molecule has 0 fully saturated rings. The monoisotopic (exact) mass is 289 g/mol. The summed E-state index contributed by atoms with van der Waals surface area (Å²) < 4.78 is 30.8. The molecule has 0 saturated carbocycles. The maximum atomic E-state index is 11.6. The molecule has 0 unspecified atom stereocenters. The minimum atomic E-state index is -3.17. The Morgan fingerprint density at radius 3 is 2.53 bits per heavy atom. The van der Waals surface area contributed by atoms with Crippen molar-refractivity contribution in [2.75, 3.05) is 12.3 Å². The molecule has 1 rings (SSSR count). The van der Waals surface area contributed by atoms with E-state index in [1.54, 1.807) is 0 Å². The van der Waals surface area contributed by atoms with Gasteiger partial charge in [0, 0.05) is 18.4 Å². The Kier molecular flexibility index (Phi) is 5.49. The molecule has 0 saturated heterocycles. The van der Waals surface area contributed by atoms with Crippen LogP contribution in [0.4, 0.5) is 0 Å². The van der Waals surface area contributed by atoms with Gasteiger partial charge in [-0.3, -0.25) is 0 Å². The van der Waals surface area contributed by atoms with Crippen molar-refractivity contribution >= 4 is 10.0 Å². The fraction of sp³-hybridized carbons (Fsp3) is 0.833. The molecule has 6 nitrogen and oxygen atoms in total. The molecule has 0 bridgehead atoms. The summed E-state index contributed by atoms with van der Waals surface area (Å²) in [6, 6.07) is 0. The molecule has 1 aromatic heterocycles. The molecule has 0 aromatic carbocycles. The van der Waals surface area contributed by atoms with Crippen molar-refractivity contribution in [3.63, 3.8) is 0 Å². The molecular weight excluding hydrogens is 266 g/mol. The van der Waals surface area contributed by atoms with Gasteiger partial charge in [0.15, 0.2) is 5.82 Å². The van der Waals surface area contributed by atoms with Gasteiger partial charge in [-0.1, -0.05) is 39.3 Å². The van der Waals surface area contributed by atoms with E-state index in [2.05, 4.69) is 14.9 Å². The second kappa shape index (κ2) is 6.47. The molecule has 7 heteroatoms. The van der Waals surface area contributed by atoms with E-state index < -0.39 is 10.0 Å². The van der Waals surface area contributed by atoms with Crippen LogP contribution in [0, 0.1) is 0 Å². The number of aromatic nitrogens is 2. The summed E-state index contributed by atoms with van der Waals surface area (Å²) >= 11 is 0. The van der Waals surface area contributed by atoms with Crippen molar-refractivity contribution in [1.29, 1.82) is 0 Å². The van der Waals surface area contributed by atoms with Crippen LogP contribution in [0.25, 0.3) is 0 Å². The first-order valence-corrected chi connectivity index (χ1v) is 8.20. The molecule has 1 aromatic rings. The number of unbranched alkanes of at least 4 members (excludes halogenated alkanes) is 1. The summed E-state index contributed by atoms with van der Waals surface area (Å²) in [4.78, 5) is 4.25. The number of hydrogen-bond donors (Lipinski definition) is 1.